The molecule has 0 aromatic heterocycles. The van der Waals surface area contributed by atoms with Crippen LogP contribution in [0.5, 0.6) is 5.75 Å². The molecule has 9 heteroatoms. The summed E-state index contributed by atoms with van der Waals surface area (Å²) in [5.74, 6) is -1.79. The van der Waals surface area contributed by atoms with Crippen LogP contribution in [0.25, 0.3) is 0 Å². The molecule has 0 fully saturated rings. The molecule has 0 atom stereocenters. The van der Waals surface area contributed by atoms with Gasteiger partial charge in [-0.1, -0.05) is 54.9 Å². The third kappa shape index (κ3) is 7.18. The molecule has 0 bridgehead atoms. The van der Waals surface area contributed by atoms with Gasteiger partial charge in [-0.15, -0.1) is 0 Å². The second-order valence-corrected chi connectivity index (χ2v) is 7.47. The number of amides is 3. The van der Waals surface area contributed by atoms with E-state index in [1.54, 1.807) is 60.7 Å². The Morgan fingerprint density at radius 2 is 1.62 bits per heavy atom. The predicted molar refractivity (Wildman–Crippen MR) is 132 cm³/mol. The standard InChI is InChI=1S/C25H23ClN4O4/c1-2-17-11-13-19(14-12-17)28-24(32)25(33)30-27-15-18-7-3-6-10-22(18)34-16-23(31)29-21-9-5-4-8-20(21)26/h3-15H,2,16H2,1H3,(H,28,32)(H,29,31)(H,30,33)/b27-15-. The number of aryl methyl sites for hydroxylation is 1. The van der Waals surface area contributed by atoms with Crippen LogP contribution in [0.4, 0.5) is 11.4 Å². The van der Waals surface area contributed by atoms with Gasteiger partial charge in [-0.25, -0.2) is 5.43 Å². The van der Waals surface area contributed by atoms with Gasteiger partial charge in [0.05, 0.1) is 16.9 Å². The van der Waals surface area contributed by atoms with Crippen LogP contribution in [0.1, 0.15) is 18.1 Å². The number of hydrazone groups is 1. The maximum Gasteiger partial charge on any atom is 0.329 e. The maximum atomic E-state index is 12.2. The summed E-state index contributed by atoms with van der Waals surface area (Å²) in [6, 6.07) is 20.9. The Labute approximate surface area is 202 Å². The number of halogens is 1. The van der Waals surface area contributed by atoms with Crippen LogP contribution < -0.4 is 20.8 Å². The van der Waals surface area contributed by atoms with E-state index in [9.17, 15) is 14.4 Å². The lowest BCUT2D eigenvalue weighted by atomic mass is 10.1. The number of para-hydroxylation sites is 2. The van der Waals surface area contributed by atoms with Crippen molar-refractivity contribution in [3.05, 3.63) is 88.9 Å². The second-order valence-electron chi connectivity index (χ2n) is 7.06. The molecule has 0 aliphatic rings. The zero-order valence-corrected chi connectivity index (χ0v) is 19.1. The number of carbonyl (C=O) groups excluding carboxylic acids is 3. The van der Waals surface area contributed by atoms with Crippen LogP contribution in [-0.2, 0) is 20.8 Å². The molecule has 3 aromatic rings. The molecule has 34 heavy (non-hydrogen) atoms. The van der Waals surface area contributed by atoms with Gasteiger partial charge in [0.2, 0.25) is 0 Å². The fraction of sp³-hybridized carbons (Fsp3) is 0.120. The molecule has 3 rings (SSSR count). The average molecular weight is 479 g/mol. The van der Waals surface area contributed by atoms with Crippen molar-refractivity contribution in [2.75, 3.05) is 17.2 Å². The summed E-state index contributed by atoms with van der Waals surface area (Å²) in [6.45, 7) is 1.76. The zero-order chi connectivity index (χ0) is 24.3. The van der Waals surface area contributed by atoms with Crippen LogP contribution in [0.2, 0.25) is 5.02 Å². The molecule has 0 aliphatic carbocycles. The molecule has 0 heterocycles. The van der Waals surface area contributed by atoms with Crippen LogP contribution in [-0.4, -0.2) is 30.5 Å². The fourth-order valence-corrected chi connectivity index (χ4v) is 3.02. The Hall–Kier alpha value is -4.17. The topological polar surface area (TPSA) is 109 Å². The highest BCUT2D eigenvalue weighted by Gasteiger charge is 2.13. The SMILES string of the molecule is CCc1ccc(NC(=O)C(=O)N/N=C\c2ccccc2OCC(=O)Nc2ccccc2Cl)cc1. The van der Waals surface area contributed by atoms with E-state index >= 15 is 0 Å². The molecule has 8 nitrogen and oxygen atoms in total. The van der Waals surface area contributed by atoms with E-state index in [1.807, 2.05) is 19.1 Å². The zero-order valence-electron chi connectivity index (χ0n) is 18.4. The van der Waals surface area contributed by atoms with E-state index in [4.69, 9.17) is 16.3 Å². The molecule has 0 aliphatic heterocycles. The molecular formula is C25H23ClN4O4. The van der Waals surface area contributed by atoms with Gasteiger partial charge in [0.25, 0.3) is 5.91 Å². The van der Waals surface area contributed by atoms with E-state index in [0.29, 0.717) is 27.7 Å². The lowest BCUT2D eigenvalue weighted by Crippen LogP contribution is -2.32. The van der Waals surface area contributed by atoms with Crippen molar-refractivity contribution in [2.24, 2.45) is 5.10 Å². The Morgan fingerprint density at radius 3 is 2.35 bits per heavy atom. The lowest BCUT2D eigenvalue weighted by Gasteiger charge is -2.10. The summed E-state index contributed by atoms with van der Waals surface area (Å²) in [4.78, 5) is 36.3. The van der Waals surface area contributed by atoms with Gasteiger partial charge in [-0.2, -0.15) is 5.10 Å². The number of anilines is 2. The van der Waals surface area contributed by atoms with E-state index < -0.39 is 17.7 Å². The van der Waals surface area contributed by atoms with Crippen molar-refractivity contribution in [1.82, 2.24) is 5.43 Å². The minimum absolute atomic E-state index is 0.262. The third-order valence-corrected chi connectivity index (χ3v) is 4.95. The first-order chi connectivity index (χ1) is 16.5. The fourth-order valence-electron chi connectivity index (χ4n) is 2.83. The minimum Gasteiger partial charge on any atom is -0.483 e. The summed E-state index contributed by atoms with van der Waals surface area (Å²) in [5, 5.41) is 9.41. The van der Waals surface area contributed by atoms with Gasteiger partial charge in [-0.05, 0) is 48.4 Å². The van der Waals surface area contributed by atoms with E-state index in [1.165, 1.54) is 6.21 Å². The monoisotopic (exact) mass is 478 g/mol. The molecule has 3 N–H and O–H groups in total. The quantitative estimate of drug-likeness (QED) is 0.258. The molecule has 0 saturated carbocycles. The Kier molecular flexibility index (Phi) is 8.76. The van der Waals surface area contributed by atoms with Gasteiger partial charge in [-0.3, -0.25) is 14.4 Å². The Balaban J connectivity index is 1.52. The normalized spacial score (nSPS) is 10.5. The summed E-state index contributed by atoms with van der Waals surface area (Å²) < 4.78 is 5.58. The summed E-state index contributed by atoms with van der Waals surface area (Å²) in [6.07, 6.45) is 2.20. The van der Waals surface area contributed by atoms with Crippen molar-refractivity contribution < 1.29 is 19.1 Å². The number of nitrogens with zero attached hydrogens (tertiary/aromatic N) is 1. The molecule has 0 radical (unpaired) electrons. The van der Waals surface area contributed by atoms with E-state index in [0.717, 1.165) is 12.0 Å². The smallest absolute Gasteiger partial charge is 0.329 e. The number of hydrogen-bond donors (Lipinski definition) is 3. The van der Waals surface area contributed by atoms with Crippen molar-refractivity contribution in [3.63, 3.8) is 0 Å². The van der Waals surface area contributed by atoms with Crippen LogP contribution >= 0.6 is 11.6 Å². The molecule has 0 unspecified atom stereocenters. The summed E-state index contributed by atoms with van der Waals surface area (Å²) >= 11 is 6.04. The van der Waals surface area contributed by atoms with Crippen molar-refractivity contribution in [3.8, 4) is 5.75 Å². The number of carbonyl (C=O) groups is 3. The lowest BCUT2D eigenvalue weighted by molar-refractivity contribution is -0.136. The number of rotatable bonds is 8. The number of nitrogens with one attached hydrogen (secondary N) is 3. The van der Waals surface area contributed by atoms with Crippen LogP contribution in [0.15, 0.2) is 77.9 Å². The highest BCUT2D eigenvalue weighted by atomic mass is 35.5. The van der Waals surface area contributed by atoms with Crippen LogP contribution in [0.3, 0.4) is 0 Å². The van der Waals surface area contributed by atoms with Crippen LogP contribution in [0, 0.1) is 0 Å². The first-order valence-electron chi connectivity index (χ1n) is 10.5. The van der Waals surface area contributed by atoms with Gasteiger partial charge in [0.15, 0.2) is 6.61 Å². The molecule has 3 amide bonds. The van der Waals surface area contributed by atoms with E-state index in [-0.39, 0.29) is 6.61 Å². The third-order valence-electron chi connectivity index (χ3n) is 4.62. The van der Waals surface area contributed by atoms with Gasteiger partial charge >= 0.3 is 11.8 Å². The maximum absolute atomic E-state index is 12.2. The molecule has 0 spiro atoms. The van der Waals surface area contributed by atoms with Gasteiger partial charge in [0.1, 0.15) is 5.75 Å². The number of benzene rings is 3. The van der Waals surface area contributed by atoms with Gasteiger partial charge < -0.3 is 15.4 Å². The molecule has 0 saturated heterocycles. The van der Waals surface area contributed by atoms with E-state index in [2.05, 4.69) is 21.2 Å². The highest BCUT2D eigenvalue weighted by Crippen LogP contribution is 2.21. The highest BCUT2D eigenvalue weighted by molar-refractivity contribution is 6.39. The van der Waals surface area contributed by atoms with Crippen molar-refractivity contribution in [1.29, 1.82) is 0 Å². The van der Waals surface area contributed by atoms with Crippen molar-refractivity contribution in [2.45, 2.75) is 13.3 Å². The summed E-state index contributed by atoms with van der Waals surface area (Å²) in [7, 11) is 0. The first kappa shape index (κ1) is 24.5. The Bertz CT molecular complexity index is 1200. The second kappa shape index (κ2) is 12.2. The largest absolute Gasteiger partial charge is 0.483 e. The van der Waals surface area contributed by atoms with Crippen molar-refractivity contribution >= 4 is 46.9 Å². The van der Waals surface area contributed by atoms with Gasteiger partial charge in [0, 0.05) is 11.3 Å². The predicted octanol–water partition coefficient (Wildman–Crippen LogP) is 4.01. The molecule has 3 aromatic carbocycles. The Morgan fingerprint density at radius 1 is 0.912 bits per heavy atom. The molecule has 174 valence electrons. The molecular weight excluding hydrogens is 456 g/mol. The number of hydrogen-bond acceptors (Lipinski definition) is 5. The number of ether oxygens (including phenoxy) is 1. The first-order valence-corrected chi connectivity index (χ1v) is 10.8. The average Bonchev–Trinajstić information content (AvgIpc) is 2.85. The summed E-state index contributed by atoms with van der Waals surface area (Å²) in [5.41, 5.74) is 4.79. The minimum atomic E-state index is -0.923.